The predicted octanol–water partition coefficient (Wildman–Crippen LogP) is 14.0. The molecule has 568 valence electrons. The molecule has 0 spiro atoms. The van der Waals surface area contributed by atoms with Gasteiger partial charge >= 0.3 is 5.97 Å². The number of carbonyl (C=O) groups is 10. The van der Waals surface area contributed by atoms with E-state index in [0.717, 1.165) is 105 Å². The molecule has 4 atom stereocenters. The Morgan fingerprint density at radius 1 is 0.532 bits per heavy atom. The highest BCUT2D eigenvalue weighted by Crippen LogP contribution is 2.47. The smallest absolute Gasteiger partial charge is 0.304 e. The molecule has 2 saturated heterocycles. The number of thiophene rings is 2. The van der Waals surface area contributed by atoms with Crippen LogP contribution in [0.4, 0.5) is 11.4 Å². The number of aryl methyl sites for hydroxylation is 4. The van der Waals surface area contributed by atoms with Crippen molar-refractivity contribution >= 4 is 128 Å². The summed E-state index contributed by atoms with van der Waals surface area (Å²) in [4.78, 5) is 129. The zero-order chi connectivity index (χ0) is 77.5. The Morgan fingerprint density at radius 2 is 0.954 bits per heavy atom. The van der Waals surface area contributed by atoms with Gasteiger partial charge < -0.3 is 30.9 Å². The van der Waals surface area contributed by atoms with Crippen LogP contribution in [0.1, 0.15) is 226 Å². The number of anilines is 2. The van der Waals surface area contributed by atoms with E-state index in [0.29, 0.717) is 76.2 Å². The Kier molecular flexibility index (Phi) is 24.8. The Bertz CT molecular complexity index is 4980. The predicted molar refractivity (Wildman–Crippen MR) is 418 cm³/mol. The third-order valence-electron chi connectivity index (χ3n) is 20.8. The lowest BCUT2D eigenvalue weighted by Crippen LogP contribution is -2.52. The molecule has 6 N–H and O–H groups in total. The number of imide groups is 2. The summed E-state index contributed by atoms with van der Waals surface area (Å²) in [6, 6.07) is 24.5. The number of fused-ring (bicyclic) bond motifs is 8. The van der Waals surface area contributed by atoms with Crippen LogP contribution in [0.2, 0.25) is 10.0 Å². The number of piperidine rings is 2. The minimum Gasteiger partial charge on any atom is -0.481 e. The van der Waals surface area contributed by atoms with E-state index < -0.39 is 29.9 Å². The van der Waals surface area contributed by atoms with Gasteiger partial charge in [-0.2, -0.15) is 0 Å². The number of halogens is 2. The number of carbonyl (C=O) groups excluding carboxylic acids is 9. The third kappa shape index (κ3) is 17.4. The molecule has 109 heavy (non-hydrogen) atoms. The molecular formula is C81H87Cl2N13O11S2. The van der Waals surface area contributed by atoms with E-state index in [1.807, 2.05) is 73.0 Å². The normalized spacial score (nSPS) is 17.5. The molecule has 14 rings (SSSR count). The lowest BCUT2D eigenvalue weighted by molar-refractivity contribution is -0.138. The number of rotatable bonds is 23. The van der Waals surface area contributed by atoms with Crippen molar-refractivity contribution in [1.82, 2.24) is 55.3 Å². The topological polar surface area (TPSA) is 319 Å². The number of hydrogen-bond donors (Lipinski definition) is 6. The maximum Gasteiger partial charge on any atom is 0.304 e. The van der Waals surface area contributed by atoms with Gasteiger partial charge in [0.25, 0.3) is 11.8 Å². The van der Waals surface area contributed by atoms with E-state index in [-0.39, 0.29) is 98.4 Å². The van der Waals surface area contributed by atoms with Crippen LogP contribution in [-0.2, 0) is 51.4 Å². The van der Waals surface area contributed by atoms with E-state index >= 15 is 0 Å². The van der Waals surface area contributed by atoms with Crippen LogP contribution in [0.5, 0.6) is 0 Å². The Morgan fingerprint density at radius 3 is 1.38 bits per heavy atom. The molecule has 6 aliphatic rings. The fourth-order valence-electron chi connectivity index (χ4n) is 14.8. The largest absolute Gasteiger partial charge is 0.481 e. The number of carboxylic acid groups (broad SMARTS) is 1. The van der Waals surface area contributed by atoms with Gasteiger partial charge in [-0.1, -0.05) is 117 Å². The standard InChI is InChI=1S/C40H42ClN7O5S.C21H27N3O4.C20H18ClN3O2S/c1-22-23(2)54-40-36(22)29(25-12-14-27(41)15-13-25)19-26(37-46-45-24(3)48(37)40)20-35(51)42-18-7-5-4-6-11-33(49)43-31-10-8-9-28-30(31)21-47(39(28)53)32-16-17-34(50)44-38(32)52;1-2-3-4-5-6-10-18(25)22-16-9-7-8-14-15(16)13-24(21(14)28)17-11-12-19(26)23-20(17)27;1-10-11(2)27-20-18(10)16(13-4-6-15(21)7-5-13)8-14(9-17(25)26)19-23-22-12(3)24(19)20/h8-10,12-15,19,26,32H,4-7,11,16-18,20-21H2,1-3H3,(H,42,51)(H,43,49)(H,44,50,52);7-9,17H,2-6,10-13H2,1H3,(H,22,25)(H,23,26,27);4-8,14H,9H2,1-3H3,(H,25,26)/t26-,32?;;14-/m0.0/s1. The number of carboxylic acids is 1. The van der Waals surface area contributed by atoms with E-state index in [4.69, 9.17) is 23.2 Å². The highest BCUT2D eigenvalue weighted by Gasteiger charge is 2.42. The zero-order valence-electron chi connectivity index (χ0n) is 61.9. The Balaban J connectivity index is 0.000000169. The molecule has 0 radical (unpaired) electrons. The average Bonchev–Trinajstić information content (AvgIpc) is 1.55. The second-order valence-electron chi connectivity index (χ2n) is 28.2. The molecule has 10 heterocycles. The van der Waals surface area contributed by atoms with Gasteiger partial charge in [0.05, 0.1) is 6.42 Å². The highest BCUT2D eigenvalue weighted by molar-refractivity contribution is 7.15. The van der Waals surface area contributed by atoms with Gasteiger partial charge in [0.2, 0.25) is 41.4 Å². The van der Waals surface area contributed by atoms with Crippen LogP contribution in [0.15, 0.2) is 97.1 Å². The Labute approximate surface area is 649 Å². The summed E-state index contributed by atoms with van der Waals surface area (Å²) >= 11 is 15.7. The molecule has 4 aromatic heterocycles. The number of benzene rings is 4. The summed E-state index contributed by atoms with van der Waals surface area (Å²) in [5.41, 5.74) is 12.3. The molecule has 8 aromatic rings. The van der Waals surface area contributed by atoms with Crippen LogP contribution in [0.25, 0.3) is 21.1 Å². The molecule has 0 bridgehead atoms. The van der Waals surface area contributed by atoms with Gasteiger partial charge in [-0.05, 0) is 156 Å². The fourth-order valence-corrected chi connectivity index (χ4v) is 17.5. The number of nitrogens with one attached hydrogen (secondary N) is 5. The molecule has 24 nitrogen and oxygen atoms in total. The highest BCUT2D eigenvalue weighted by atomic mass is 35.5. The number of hydrogen-bond acceptors (Lipinski definition) is 16. The second kappa shape index (κ2) is 34.5. The summed E-state index contributed by atoms with van der Waals surface area (Å²) in [5.74, 6) is -0.928. The van der Waals surface area contributed by atoms with Crippen molar-refractivity contribution in [2.45, 2.75) is 195 Å². The van der Waals surface area contributed by atoms with Crippen LogP contribution in [-0.4, -0.2) is 122 Å². The number of unbranched alkanes of at least 4 members (excludes halogenated alkanes) is 7. The lowest BCUT2D eigenvalue weighted by Gasteiger charge is -2.29. The molecule has 6 aliphatic heterocycles. The van der Waals surface area contributed by atoms with Crippen LogP contribution < -0.4 is 26.6 Å². The molecule has 9 amide bonds. The minimum atomic E-state index is -0.864. The van der Waals surface area contributed by atoms with Gasteiger partial charge in [-0.25, -0.2) is 0 Å². The van der Waals surface area contributed by atoms with Crippen molar-refractivity contribution in [1.29, 1.82) is 0 Å². The molecule has 4 aromatic carbocycles. The molecule has 2 unspecified atom stereocenters. The number of amides is 9. The van der Waals surface area contributed by atoms with Crippen molar-refractivity contribution in [3.63, 3.8) is 0 Å². The first-order valence-corrected chi connectivity index (χ1v) is 39.4. The number of aliphatic carboxylic acids is 1. The van der Waals surface area contributed by atoms with Gasteiger partial charge in [0.15, 0.2) is 0 Å². The van der Waals surface area contributed by atoms with Crippen molar-refractivity contribution in [2.24, 2.45) is 0 Å². The number of aromatic nitrogens is 6. The van der Waals surface area contributed by atoms with Crippen molar-refractivity contribution in [3.05, 3.63) is 196 Å². The monoisotopic (exact) mass is 1550 g/mol. The van der Waals surface area contributed by atoms with Crippen LogP contribution in [0.3, 0.4) is 0 Å². The first kappa shape index (κ1) is 78.3. The minimum absolute atomic E-state index is 0.0395. The van der Waals surface area contributed by atoms with Crippen molar-refractivity contribution < 1.29 is 53.1 Å². The SMILES string of the molecule is CCCCCCCC(=O)Nc1cccc2c1CN(C1CCC(=O)NC1=O)C2=O.Cc1sc2c(c1C)C(c1ccc(Cl)cc1)=C[C@@H](CC(=O)NCCCCCCC(=O)Nc1cccc3c1CN(C1CCC(=O)NC1=O)C3=O)c1nnc(C)n1-2.Cc1sc2c(c1C)C(c1ccc(Cl)cc1)=C[C@@H](CC(=O)O)c1nnc(C)n1-2. The first-order chi connectivity index (χ1) is 52.4. The molecule has 0 saturated carbocycles. The third-order valence-corrected chi connectivity index (χ3v) is 23.6. The van der Waals surface area contributed by atoms with E-state index in [2.05, 4.69) is 92.2 Å². The van der Waals surface area contributed by atoms with E-state index in [1.54, 1.807) is 59.1 Å². The molecule has 0 aliphatic carbocycles. The average molecular weight is 1550 g/mol. The Hall–Kier alpha value is -10.3. The quantitative estimate of drug-likeness (QED) is 0.0256. The van der Waals surface area contributed by atoms with Crippen LogP contribution >= 0.6 is 45.9 Å². The molecule has 2 fully saturated rings. The summed E-state index contributed by atoms with van der Waals surface area (Å²) < 4.78 is 4.10. The fraction of sp³-hybridized carbons (Fsp3) is 0.383. The second-order valence-corrected chi connectivity index (χ2v) is 31.5. The van der Waals surface area contributed by atoms with Gasteiger partial charge in [-0.3, -0.25) is 67.7 Å². The summed E-state index contributed by atoms with van der Waals surface area (Å²) in [5, 5.41) is 43.9. The van der Waals surface area contributed by atoms with Crippen molar-refractivity contribution in [3.8, 4) is 10.0 Å². The van der Waals surface area contributed by atoms with Gasteiger partial charge in [0, 0.05) is 128 Å². The maximum absolute atomic E-state index is 13.3. The van der Waals surface area contributed by atoms with E-state index in [1.165, 1.54) is 43.5 Å². The molecule has 28 heteroatoms. The molecular weight excluding hydrogens is 1470 g/mol. The first-order valence-electron chi connectivity index (χ1n) is 37.0. The van der Waals surface area contributed by atoms with Gasteiger partial charge in [0.1, 0.15) is 45.4 Å². The number of nitrogens with zero attached hydrogens (tertiary/aromatic N) is 8. The van der Waals surface area contributed by atoms with Gasteiger partial charge in [-0.15, -0.1) is 43.1 Å². The van der Waals surface area contributed by atoms with E-state index in [9.17, 15) is 53.1 Å². The summed E-state index contributed by atoms with van der Waals surface area (Å²) in [7, 11) is 0. The van der Waals surface area contributed by atoms with Crippen LogP contribution in [0, 0.1) is 41.5 Å². The zero-order valence-corrected chi connectivity index (χ0v) is 65.0. The number of allylic oxidation sites excluding steroid dienone is 2. The lowest BCUT2D eigenvalue weighted by atomic mass is 9.92. The van der Waals surface area contributed by atoms with Crippen molar-refractivity contribution in [2.75, 3.05) is 17.2 Å². The maximum atomic E-state index is 13.3. The summed E-state index contributed by atoms with van der Waals surface area (Å²) in [6.07, 6.45) is 14.6. The summed E-state index contributed by atoms with van der Waals surface area (Å²) in [6.45, 7) is 15.4.